The predicted octanol–water partition coefficient (Wildman–Crippen LogP) is 1.54. The smallest absolute Gasteiger partial charge is 0.416 e. The third kappa shape index (κ3) is 1.69. The van der Waals surface area contributed by atoms with Gasteiger partial charge in [-0.1, -0.05) is 13.8 Å². The minimum absolute atomic E-state index is 0.264. The van der Waals surface area contributed by atoms with Crippen molar-refractivity contribution in [1.82, 2.24) is 4.90 Å². The van der Waals surface area contributed by atoms with Crippen LogP contribution in [0.1, 0.15) is 13.8 Å². The first-order chi connectivity index (χ1) is 5.65. The molecule has 0 N–H and O–H groups in total. The third-order valence-electron chi connectivity index (χ3n) is 1.63. The van der Waals surface area contributed by atoms with E-state index in [1.165, 1.54) is 12.0 Å². The molecule has 0 saturated carbocycles. The van der Waals surface area contributed by atoms with Gasteiger partial charge in [-0.05, 0) is 0 Å². The van der Waals surface area contributed by atoms with Crippen molar-refractivity contribution in [3.8, 4) is 0 Å². The molecule has 1 heterocycles. The van der Waals surface area contributed by atoms with Crippen LogP contribution in [0.3, 0.4) is 0 Å². The molecular formula is C8H13NO3. The van der Waals surface area contributed by atoms with E-state index in [4.69, 9.17) is 4.74 Å². The number of nitrogens with zero attached hydrogens (tertiary/aromatic N) is 1. The van der Waals surface area contributed by atoms with E-state index in [-0.39, 0.29) is 12.8 Å². The number of allylic oxidation sites excluding steroid dienone is 1. The molecule has 1 aliphatic rings. The van der Waals surface area contributed by atoms with Crippen molar-refractivity contribution in [1.29, 1.82) is 0 Å². The minimum Gasteiger partial charge on any atom is -0.475 e. The number of hydrogen-bond donors (Lipinski definition) is 0. The Labute approximate surface area is 71.7 Å². The van der Waals surface area contributed by atoms with E-state index in [1.54, 1.807) is 6.20 Å². The number of amides is 1. The summed E-state index contributed by atoms with van der Waals surface area (Å²) in [6.45, 7) is 4.28. The van der Waals surface area contributed by atoms with Crippen LogP contribution in [0.25, 0.3) is 0 Å². The number of carbonyl (C=O) groups is 1. The van der Waals surface area contributed by atoms with Crippen LogP contribution >= 0.6 is 0 Å². The first-order valence-electron chi connectivity index (χ1n) is 3.84. The first kappa shape index (κ1) is 8.90. The average Bonchev–Trinajstić information content (AvgIpc) is 2.51. The lowest BCUT2D eigenvalue weighted by atomic mass is 10.2. The Morgan fingerprint density at radius 3 is 2.83 bits per heavy atom. The van der Waals surface area contributed by atoms with Gasteiger partial charge in [-0.25, -0.2) is 9.69 Å². The normalized spacial score (nSPS) is 16.0. The van der Waals surface area contributed by atoms with Crippen LogP contribution in [0.5, 0.6) is 0 Å². The Hall–Kier alpha value is -1.19. The van der Waals surface area contributed by atoms with Crippen molar-refractivity contribution in [3.05, 3.63) is 12.0 Å². The second-order valence-electron chi connectivity index (χ2n) is 2.90. The topological polar surface area (TPSA) is 38.8 Å². The van der Waals surface area contributed by atoms with E-state index in [0.29, 0.717) is 5.92 Å². The largest absolute Gasteiger partial charge is 0.475 e. The zero-order valence-corrected chi connectivity index (χ0v) is 7.53. The number of methoxy groups -OCH3 is 1. The van der Waals surface area contributed by atoms with Gasteiger partial charge in [-0.3, -0.25) is 0 Å². The van der Waals surface area contributed by atoms with Gasteiger partial charge in [0.25, 0.3) is 0 Å². The quantitative estimate of drug-likeness (QED) is 0.600. The van der Waals surface area contributed by atoms with Gasteiger partial charge in [0.15, 0.2) is 6.73 Å². The molecule has 0 saturated heterocycles. The highest BCUT2D eigenvalue weighted by atomic mass is 16.6. The maximum Gasteiger partial charge on any atom is 0.416 e. The van der Waals surface area contributed by atoms with Gasteiger partial charge < -0.3 is 9.47 Å². The molecule has 0 unspecified atom stereocenters. The summed E-state index contributed by atoms with van der Waals surface area (Å²) >= 11 is 0. The van der Waals surface area contributed by atoms with Crippen LogP contribution in [0.4, 0.5) is 4.79 Å². The lowest BCUT2D eigenvalue weighted by Gasteiger charge is -2.08. The molecule has 0 bridgehead atoms. The summed E-state index contributed by atoms with van der Waals surface area (Å²) in [5, 5.41) is 0. The van der Waals surface area contributed by atoms with E-state index in [0.717, 1.165) is 5.76 Å². The molecular weight excluding hydrogens is 158 g/mol. The average molecular weight is 171 g/mol. The molecule has 0 aliphatic carbocycles. The molecule has 0 radical (unpaired) electrons. The molecule has 0 fully saturated rings. The lowest BCUT2D eigenvalue weighted by molar-refractivity contribution is 0.102. The molecule has 1 rings (SSSR count). The number of rotatable bonds is 1. The van der Waals surface area contributed by atoms with Gasteiger partial charge in [0.1, 0.15) is 5.76 Å². The summed E-state index contributed by atoms with van der Waals surface area (Å²) in [4.78, 5) is 12.4. The summed E-state index contributed by atoms with van der Waals surface area (Å²) in [7, 11) is 1.35. The molecule has 4 nitrogen and oxygen atoms in total. The van der Waals surface area contributed by atoms with Gasteiger partial charge in [0.2, 0.25) is 0 Å². The third-order valence-corrected chi connectivity index (χ3v) is 1.63. The van der Waals surface area contributed by atoms with Crippen molar-refractivity contribution >= 4 is 6.09 Å². The molecule has 1 aliphatic heterocycles. The standard InChI is InChI=1S/C8H13NO3/c1-6(2)7-4-9(5-12-7)8(10)11-3/h4,6H,5H2,1-3H3. The van der Waals surface area contributed by atoms with Crippen molar-refractivity contribution in [2.45, 2.75) is 13.8 Å². The van der Waals surface area contributed by atoms with Crippen molar-refractivity contribution in [2.75, 3.05) is 13.8 Å². The van der Waals surface area contributed by atoms with Crippen LogP contribution in [-0.4, -0.2) is 24.8 Å². The number of carbonyl (C=O) groups excluding carboxylic acids is 1. The van der Waals surface area contributed by atoms with Gasteiger partial charge >= 0.3 is 6.09 Å². The van der Waals surface area contributed by atoms with E-state index < -0.39 is 0 Å². The molecule has 0 atom stereocenters. The SMILES string of the molecule is COC(=O)N1C=C(C(C)C)OC1. The van der Waals surface area contributed by atoms with Crippen LogP contribution in [0, 0.1) is 5.92 Å². The summed E-state index contributed by atoms with van der Waals surface area (Å²) in [5.74, 6) is 1.13. The van der Waals surface area contributed by atoms with Crippen molar-refractivity contribution in [3.63, 3.8) is 0 Å². The summed E-state index contributed by atoms with van der Waals surface area (Å²) in [6, 6.07) is 0. The maximum absolute atomic E-state index is 11.0. The molecule has 68 valence electrons. The Bertz CT molecular complexity index is 210. The highest BCUT2D eigenvalue weighted by Crippen LogP contribution is 2.18. The zero-order valence-electron chi connectivity index (χ0n) is 7.53. The van der Waals surface area contributed by atoms with Crippen LogP contribution in [0.15, 0.2) is 12.0 Å². The Balaban J connectivity index is 2.58. The molecule has 0 spiro atoms. The molecule has 0 aromatic rings. The molecule has 0 aromatic carbocycles. The fraction of sp³-hybridized carbons (Fsp3) is 0.625. The Morgan fingerprint density at radius 1 is 1.75 bits per heavy atom. The summed E-state index contributed by atoms with van der Waals surface area (Å²) in [5.41, 5.74) is 0. The zero-order chi connectivity index (χ0) is 9.14. The molecule has 4 heteroatoms. The van der Waals surface area contributed by atoms with Gasteiger partial charge in [-0.2, -0.15) is 0 Å². The first-order valence-corrected chi connectivity index (χ1v) is 3.84. The van der Waals surface area contributed by atoms with Crippen molar-refractivity contribution < 1.29 is 14.3 Å². The lowest BCUT2D eigenvalue weighted by Crippen LogP contribution is -2.23. The molecule has 1 amide bonds. The van der Waals surface area contributed by atoms with Crippen molar-refractivity contribution in [2.24, 2.45) is 5.92 Å². The summed E-state index contributed by atoms with van der Waals surface area (Å²) < 4.78 is 9.76. The van der Waals surface area contributed by atoms with Gasteiger partial charge in [0, 0.05) is 5.92 Å². The van der Waals surface area contributed by atoms with E-state index in [1.807, 2.05) is 13.8 Å². The van der Waals surface area contributed by atoms with Crippen LogP contribution < -0.4 is 0 Å². The van der Waals surface area contributed by atoms with Crippen LogP contribution in [-0.2, 0) is 9.47 Å². The van der Waals surface area contributed by atoms with Gasteiger partial charge in [0.05, 0.1) is 13.3 Å². The number of ether oxygens (including phenoxy) is 2. The second-order valence-corrected chi connectivity index (χ2v) is 2.90. The minimum atomic E-state index is -0.384. The monoisotopic (exact) mass is 171 g/mol. The van der Waals surface area contributed by atoms with Gasteiger partial charge in [-0.15, -0.1) is 0 Å². The Morgan fingerprint density at radius 2 is 2.42 bits per heavy atom. The number of hydrogen-bond acceptors (Lipinski definition) is 3. The predicted molar refractivity (Wildman–Crippen MR) is 43.1 cm³/mol. The highest BCUT2D eigenvalue weighted by molar-refractivity contribution is 5.68. The molecule has 12 heavy (non-hydrogen) atoms. The van der Waals surface area contributed by atoms with E-state index in [9.17, 15) is 4.79 Å². The van der Waals surface area contributed by atoms with E-state index in [2.05, 4.69) is 4.74 Å². The fourth-order valence-electron chi connectivity index (χ4n) is 0.911. The maximum atomic E-state index is 11.0. The summed E-state index contributed by atoms with van der Waals surface area (Å²) in [6.07, 6.45) is 1.29. The second kappa shape index (κ2) is 3.47. The Kier molecular flexibility index (Phi) is 2.58. The fourth-order valence-corrected chi connectivity index (χ4v) is 0.911. The molecule has 0 aromatic heterocycles. The highest BCUT2D eigenvalue weighted by Gasteiger charge is 2.21. The van der Waals surface area contributed by atoms with Crippen LogP contribution in [0.2, 0.25) is 0 Å². The van der Waals surface area contributed by atoms with E-state index >= 15 is 0 Å².